The van der Waals surface area contributed by atoms with Crippen LogP contribution in [0.2, 0.25) is 0 Å². The number of nitrogens with two attached hydrogens (primary N) is 2. The molecule has 4 aromatic rings. The number of hydrogen-bond acceptors (Lipinski definition) is 7. The van der Waals surface area contributed by atoms with Gasteiger partial charge in [-0.2, -0.15) is 0 Å². The Hall–Kier alpha value is -4.51. The molecule has 0 saturated heterocycles. The average molecular weight is 805 g/mol. The second-order valence-electron chi connectivity index (χ2n) is 12.0. The topological polar surface area (TPSA) is 162 Å². The Morgan fingerprint density at radius 1 is 1.06 bits per heavy atom. The van der Waals surface area contributed by atoms with Crippen LogP contribution in [0.1, 0.15) is 60.5 Å². The molecule has 0 radical (unpaired) electrons. The molecule has 3 aromatic carbocycles. The fourth-order valence-corrected chi connectivity index (χ4v) is 7.72. The number of amidine groups is 1. The number of rotatable bonds is 12. The molecule has 0 bridgehead atoms. The number of hydrogen-bond donors (Lipinski definition) is 3. The molecule has 2 amide bonds. The molecule has 1 atom stereocenters. The second-order valence-corrected chi connectivity index (χ2v) is 14.7. The molecule has 266 valence electrons. The molecular formula is C35H38F3IN7O4-. The molecule has 1 aromatic heterocycles. The van der Waals surface area contributed by atoms with Crippen molar-refractivity contribution in [1.29, 1.82) is 0 Å². The summed E-state index contributed by atoms with van der Waals surface area (Å²) in [6.45, 7) is 1.62. The summed E-state index contributed by atoms with van der Waals surface area (Å²) >= 11 is -1.42. The van der Waals surface area contributed by atoms with E-state index in [0.29, 0.717) is 26.6 Å². The number of alkyl halides is 3. The number of anilines is 1. The minimum absolute atomic E-state index is 0.0394. The van der Waals surface area contributed by atoms with Gasteiger partial charge in [0.2, 0.25) is 0 Å². The summed E-state index contributed by atoms with van der Waals surface area (Å²) in [7, 11) is 1.63. The first-order chi connectivity index (χ1) is 23.8. The molecule has 5 rings (SSSR count). The predicted molar refractivity (Wildman–Crippen MR) is 178 cm³/mol. The van der Waals surface area contributed by atoms with Crippen molar-refractivity contribution in [2.24, 2.45) is 23.5 Å². The molecule has 11 nitrogen and oxygen atoms in total. The number of aliphatic hydroxyl groups is 1. The van der Waals surface area contributed by atoms with Crippen molar-refractivity contribution in [3.05, 3.63) is 92.8 Å². The molecule has 0 spiro atoms. The van der Waals surface area contributed by atoms with Crippen LogP contribution in [0.25, 0.3) is 11.4 Å². The van der Waals surface area contributed by atoms with Crippen molar-refractivity contribution in [3.63, 3.8) is 0 Å². The van der Waals surface area contributed by atoms with Crippen LogP contribution >= 0.6 is 0 Å². The average Bonchev–Trinajstić information content (AvgIpc) is 3.43. The molecule has 5 N–H and O–H groups in total. The third-order valence-electron chi connectivity index (χ3n) is 8.43. The van der Waals surface area contributed by atoms with Gasteiger partial charge >= 0.3 is 288 Å². The molecule has 15 heteroatoms. The van der Waals surface area contributed by atoms with Gasteiger partial charge in [-0.15, -0.1) is 0 Å². The van der Waals surface area contributed by atoms with Crippen molar-refractivity contribution in [2.45, 2.75) is 64.0 Å². The number of halogens is 4. The van der Waals surface area contributed by atoms with Crippen LogP contribution in [0, 0.1) is 10.5 Å². The van der Waals surface area contributed by atoms with Gasteiger partial charge in [0.05, 0.1) is 0 Å². The Bertz CT molecular complexity index is 1820. The van der Waals surface area contributed by atoms with E-state index >= 15 is 0 Å². The van der Waals surface area contributed by atoms with E-state index in [0.717, 1.165) is 18.4 Å². The molecular weight excluding hydrogens is 766 g/mol. The molecule has 50 heavy (non-hydrogen) atoms. The normalized spacial score (nSPS) is 14.8. The monoisotopic (exact) mass is 804 g/mol. The van der Waals surface area contributed by atoms with Gasteiger partial charge in [-0.05, 0) is 0 Å². The molecule has 1 heterocycles. The van der Waals surface area contributed by atoms with Crippen molar-refractivity contribution in [2.75, 3.05) is 11.4 Å². The zero-order valence-corrected chi connectivity index (χ0v) is 29.7. The number of aromatic nitrogens is 3. The number of nitrogens with zero attached hydrogens (tertiary/aromatic N) is 5. The summed E-state index contributed by atoms with van der Waals surface area (Å²) in [4.78, 5) is 35.3. The fourth-order valence-electron chi connectivity index (χ4n) is 5.62. The van der Waals surface area contributed by atoms with Gasteiger partial charge in [0.25, 0.3) is 0 Å². The Morgan fingerprint density at radius 2 is 1.74 bits per heavy atom. The van der Waals surface area contributed by atoms with E-state index in [1.807, 2.05) is 12.1 Å². The van der Waals surface area contributed by atoms with Gasteiger partial charge in [-0.3, -0.25) is 4.79 Å². The number of primary amides is 1. The van der Waals surface area contributed by atoms with Crippen LogP contribution in [0.15, 0.2) is 71.7 Å². The van der Waals surface area contributed by atoms with Crippen molar-refractivity contribution >= 4 is 21.3 Å². The zero-order valence-electron chi connectivity index (χ0n) is 27.5. The summed E-state index contributed by atoms with van der Waals surface area (Å²) in [6.07, 6.45) is -0.477. The number of aliphatic hydroxyl groups excluding tert-OH is 1. The number of aryl methyl sites for hydroxylation is 2. The third kappa shape index (κ3) is 9.59. The SMILES string of the molecule is Cc1nc(-c2cc([I-]C(=O)N(Cc3ccc(C(N)=NC[C@@H](O)C(N)=O)cc3)c3ccc(C4CCCCC4)cc3)ccc2OC(F)(F)F)nn1C. The van der Waals surface area contributed by atoms with E-state index in [-0.39, 0.29) is 34.2 Å². The number of amides is 2. The predicted octanol–water partition coefficient (Wildman–Crippen LogP) is 2.37. The standard InChI is InChI=1S/C35H38F3IN7O4/c1-21-43-33(44-45(21)2)28-18-26(14-17-30(28)50-35(36,37)38)39-34(49)46(27-15-12-24(13-16-27)23-6-4-3-5-7-23)20-22-8-10-25(11-9-22)31(40)42-19-29(47)32(41)48/h8-18,23,29,47H,3-7,19-20H2,1-2H3,(H2,40,42)(H2,41,48)/q-1/t29-/m1/s1. The Kier molecular flexibility index (Phi) is 11.8. The number of carbonyl (C=O) groups is 2. The van der Waals surface area contributed by atoms with Gasteiger partial charge in [0.15, 0.2) is 0 Å². The van der Waals surface area contributed by atoms with Crippen LogP contribution in [0.3, 0.4) is 0 Å². The van der Waals surface area contributed by atoms with Crippen LogP contribution in [0.4, 0.5) is 23.7 Å². The van der Waals surface area contributed by atoms with Crippen LogP contribution in [0.5, 0.6) is 5.75 Å². The van der Waals surface area contributed by atoms with Gasteiger partial charge < -0.3 is 5.73 Å². The molecule has 1 aliphatic rings. The molecule has 1 aliphatic carbocycles. The maximum absolute atomic E-state index is 14.1. The van der Waals surface area contributed by atoms with E-state index in [9.17, 15) is 27.9 Å². The summed E-state index contributed by atoms with van der Waals surface area (Å²) in [5.74, 6) is -0.200. The number of ether oxygens (including phenoxy) is 1. The Labute approximate surface area is 297 Å². The van der Waals surface area contributed by atoms with E-state index in [4.69, 9.17) is 11.5 Å². The molecule has 1 fully saturated rings. The zero-order chi connectivity index (χ0) is 36.0. The molecule has 0 unspecified atom stereocenters. The fraction of sp³-hybridized carbons (Fsp3) is 0.343. The maximum atomic E-state index is 14.1. The van der Waals surface area contributed by atoms with Crippen molar-refractivity contribution in [3.8, 4) is 17.1 Å². The van der Waals surface area contributed by atoms with E-state index in [2.05, 4.69) is 31.9 Å². The van der Waals surface area contributed by atoms with Gasteiger partial charge in [-0.25, -0.2) is 0 Å². The first kappa shape index (κ1) is 36.8. The third-order valence-corrected chi connectivity index (χ3v) is 10.8. The van der Waals surface area contributed by atoms with Crippen molar-refractivity contribution in [1.82, 2.24) is 14.8 Å². The van der Waals surface area contributed by atoms with Gasteiger partial charge in [0.1, 0.15) is 0 Å². The number of benzene rings is 3. The summed E-state index contributed by atoms with van der Waals surface area (Å²) in [5, 5.41) is 13.9. The van der Waals surface area contributed by atoms with E-state index in [1.54, 1.807) is 43.1 Å². The van der Waals surface area contributed by atoms with Crippen LogP contribution < -0.4 is 42.3 Å². The Morgan fingerprint density at radius 3 is 2.34 bits per heavy atom. The minimum atomic E-state index is -4.93. The van der Waals surface area contributed by atoms with Crippen LogP contribution in [-0.4, -0.2) is 54.5 Å². The first-order valence-corrected chi connectivity index (χ1v) is 18.1. The van der Waals surface area contributed by atoms with Gasteiger partial charge in [-0.1, -0.05) is 0 Å². The number of aliphatic imine (C=N–C) groups is 1. The summed E-state index contributed by atoms with van der Waals surface area (Å²) < 4.78 is 46.0. The van der Waals surface area contributed by atoms with Gasteiger partial charge in [0, 0.05) is 0 Å². The van der Waals surface area contributed by atoms with Crippen molar-refractivity contribution < 1.29 is 53.8 Å². The second kappa shape index (κ2) is 16.0. The molecule has 1 saturated carbocycles. The van der Waals surface area contributed by atoms with E-state index in [1.165, 1.54) is 47.7 Å². The number of carbonyl (C=O) groups excluding carboxylic acids is 2. The summed E-state index contributed by atoms with van der Waals surface area (Å²) in [6, 6.07) is 19.3. The molecule has 0 aliphatic heterocycles. The summed E-state index contributed by atoms with van der Waals surface area (Å²) in [5.41, 5.74) is 14.4. The quantitative estimate of drug-likeness (QED) is 0.0652. The van der Waals surface area contributed by atoms with Crippen LogP contribution in [-0.2, 0) is 18.4 Å². The first-order valence-electron chi connectivity index (χ1n) is 16.0. The Balaban J connectivity index is 1.43. The van der Waals surface area contributed by atoms with E-state index < -0.39 is 45.3 Å².